The number of phenolic OH excluding ortho intramolecular Hbond substituents is 1. The fourth-order valence-electron chi connectivity index (χ4n) is 2.80. The maximum atomic E-state index is 9.44. The normalized spacial score (nSPS) is 16.9. The average Bonchev–Trinajstić information content (AvgIpc) is 2.92. The quantitative estimate of drug-likeness (QED) is 0.383. The Morgan fingerprint density at radius 2 is 1.44 bits per heavy atom. The maximum absolute atomic E-state index is 9.44. The fourth-order valence-corrected chi connectivity index (χ4v) is 2.80. The van der Waals surface area contributed by atoms with Crippen LogP contribution in [-0.2, 0) is 16.5 Å². The number of piperidine rings is 2. The van der Waals surface area contributed by atoms with Crippen LogP contribution in [0.1, 0.15) is 51.0 Å². The van der Waals surface area contributed by atoms with Crippen molar-refractivity contribution in [2.75, 3.05) is 45.9 Å². The van der Waals surface area contributed by atoms with Crippen molar-refractivity contribution in [2.45, 2.75) is 51.0 Å². The van der Waals surface area contributed by atoms with Gasteiger partial charge in [0.1, 0.15) is 11.3 Å². The molecule has 2 saturated heterocycles. The predicted molar refractivity (Wildman–Crippen MR) is 139 cm³/mol. The minimum atomic E-state index is -0.901. The van der Waals surface area contributed by atoms with E-state index in [2.05, 4.69) is 20.9 Å². The number of hydrogen-bond acceptors (Lipinski definition) is 4. The zero-order chi connectivity index (χ0) is 24.0. The second kappa shape index (κ2) is 21.8. The van der Waals surface area contributed by atoms with Crippen molar-refractivity contribution in [2.24, 2.45) is 4.99 Å². The van der Waals surface area contributed by atoms with Gasteiger partial charge in [-0.1, -0.05) is 62.8 Å². The Morgan fingerprint density at radius 1 is 0.882 bits per heavy atom. The molecule has 1 aromatic carbocycles. The molecule has 2 fully saturated rings. The molecular formula is C26H41N4NiO3-3. The van der Waals surface area contributed by atoms with Crippen LogP contribution < -0.4 is 0 Å². The molecule has 0 unspecified atom stereocenters. The summed E-state index contributed by atoms with van der Waals surface area (Å²) < 4.78 is 0. The van der Waals surface area contributed by atoms with Crippen molar-refractivity contribution >= 4 is 6.21 Å². The predicted octanol–water partition coefficient (Wildman–Crippen LogP) is 5.08. The molecule has 0 amide bonds. The largest absolute Gasteiger partial charge is 0.687 e. The molecule has 4 rings (SSSR count). The standard InChI is InChI=1S/C11H15NO3.2C5H10N.C5H6N.Ni/c1-11(7-13,8-14)12-6-9-4-2-3-5-10(9)15;3*1-2-4-6-5-3-1;/h2-6,13-15H,7-8H2,1H3;2*1-5H2;1-4H,5H2;/q;3*-1;. The van der Waals surface area contributed by atoms with Gasteiger partial charge in [-0.25, -0.2) is 0 Å². The van der Waals surface area contributed by atoms with Crippen molar-refractivity contribution in [1.82, 2.24) is 0 Å². The molecule has 0 saturated carbocycles. The van der Waals surface area contributed by atoms with Crippen LogP contribution in [0.3, 0.4) is 0 Å². The molecule has 196 valence electrons. The Hall–Kier alpha value is -1.70. The Balaban J connectivity index is 0.000000473. The molecule has 0 atom stereocenters. The van der Waals surface area contributed by atoms with E-state index in [0.29, 0.717) is 5.56 Å². The van der Waals surface area contributed by atoms with E-state index in [0.717, 1.165) is 32.7 Å². The number of aliphatic hydroxyl groups excluding tert-OH is 2. The molecule has 8 heteroatoms. The zero-order valence-corrected chi connectivity index (χ0v) is 21.3. The summed E-state index contributed by atoms with van der Waals surface area (Å²) >= 11 is 0. The molecule has 0 spiro atoms. The van der Waals surface area contributed by atoms with E-state index in [1.165, 1.54) is 44.7 Å². The third-order valence-electron chi connectivity index (χ3n) is 5.05. The van der Waals surface area contributed by atoms with Crippen molar-refractivity contribution < 1.29 is 31.8 Å². The molecule has 3 heterocycles. The number of allylic oxidation sites excluding steroid dienone is 2. The second-order valence-corrected chi connectivity index (χ2v) is 8.23. The summed E-state index contributed by atoms with van der Waals surface area (Å²) in [6.07, 6.45) is 17.3. The SMILES string of the molecule is C1=CC[N-]C=C1.C1CC[N-]CC1.C1CC[N-]CC1.CC(CO)(CO)N=Cc1ccccc1O.[Ni]. The van der Waals surface area contributed by atoms with Gasteiger partial charge < -0.3 is 31.3 Å². The van der Waals surface area contributed by atoms with Crippen LogP contribution in [0.4, 0.5) is 0 Å². The van der Waals surface area contributed by atoms with Gasteiger partial charge >= 0.3 is 0 Å². The summed E-state index contributed by atoms with van der Waals surface area (Å²) in [5.41, 5.74) is -0.340. The number of phenols is 1. The van der Waals surface area contributed by atoms with Crippen molar-refractivity contribution in [3.8, 4) is 5.75 Å². The van der Waals surface area contributed by atoms with Crippen LogP contribution in [0.15, 0.2) is 53.7 Å². The van der Waals surface area contributed by atoms with Gasteiger partial charge in [0.2, 0.25) is 0 Å². The molecule has 3 aliphatic heterocycles. The molecule has 0 bridgehead atoms. The summed E-state index contributed by atoms with van der Waals surface area (Å²) in [5.74, 6) is 0.125. The van der Waals surface area contributed by atoms with Gasteiger partial charge in [0.15, 0.2) is 0 Å². The summed E-state index contributed by atoms with van der Waals surface area (Å²) in [5, 5.41) is 39.7. The molecular weight excluding hydrogens is 475 g/mol. The Morgan fingerprint density at radius 3 is 1.74 bits per heavy atom. The molecule has 34 heavy (non-hydrogen) atoms. The van der Waals surface area contributed by atoms with E-state index in [4.69, 9.17) is 10.2 Å². The first-order chi connectivity index (χ1) is 16.1. The third-order valence-corrected chi connectivity index (χ3v) is 5.05. The van der Waals surface area contributed by atoms with Gasteiger partial charge in [-0.3, -0.25) is 4.99 Å². The number of aliphatic hydroxyl groups is 2. The van der Waals surface area contributed by atoms with Gasteiger partial charge in [-0.15, -0.1) is 38.8 Å². The Bertz CT molecular complexity index is 639. The molecule has 0 aromatic heterocycles. The van der Waals surface area contributed by atoms with Crippen molar-refractivity contribution in [1.29, 1.82) is 0 Å². The number of rotatable bonds is 4. The van der Waals surface area contributed by atoms with Crippen LogP contribution in [0.25, 0.3) is 16.0 Å². The smallest absolute Gasteiger partial charge is 0.124 e. The molecule has 0 aliphatic carbocycles. The zero-order valence-electron chi connectivity index (χ0n) is 20.3. The summed E-state index contributed by atoms with van der Waals surface area (Å²) in [6.45, 7) is 6.50. The van der Waals surface area contributed by atoms with E-state index >= 15 is 0 Å². The third kappa shape index (κ3) is 16.8. The van der Waals surface area contributed by atoms with E-state index in [1.54, 1.807) is 37.4 Å². The monoisotopic (exact) mass is 515 g/mol. The van der Waals surface area contributed by atoms with Crippen LogP contribution in [0.5, 0.6) is 5.75 Å². The summed E-state index contributed by atoms with van der Waals surface area (Å²) in [4.78, 5) is 4.04. The Labute approximate surface area is 215 Å². The number of nitrogens with zero attached hydrogens (tertiary/aromatic N) is 4. The van der Waals surface area contributed by atoms with Gasteiger partial charge in [0, 0.05) is 28.3 Å². The summed E-state index contributed by atoms with van der Waals surface area (Å²) in [7, 11) is 0. The minimum absolute atomic E-state index is 0. The second-order valence-electron chi connectivity index (χ2n) is 8.23. The van der Waals surface area contributed by atoms with E-state index in [-0.39, 0.29) is 35.5 Å². The van der Waals surface area contributed by atoms with Crippen LogP contribution >= 0.6 is 0 Å². The number of aliphatic imine (C=N–C) groups is 1. The van der Waals surface area contributed by atoms with Gasteiger partial charge in [-0.05, 0) is 19.1 Å². The van der Waals surface area contributed by atoms with Crippen molar-refractivity contribution in [3.05, 3.63) is 70.2 Å². The maximum Gasteiger partial charge on any atom is 0.124 e. The first kappa shape index (κ1) is 32.3. The van der Waals surface area contributed by atoms with Crippen molar-refractivity contribution in [3.63, 3.8) is 0 Å². The fraction of sp³-hybridized carbons (Fsp3) is 0.577. The van der Waals surface area contributed by atoms with Crippen LogP contribution in [0.2, 0.25) is 0 Å². The molecule has 3 N–H and O–H groups in total. The van der Waals surface area contributed by atoms with E-state index < -0.39 is 5.54 Å². The van der Waals surface area contributed by atoms with Gasteiger partial charge in [0.05, 0.1) is 13.2 Å². The molecule has 3 aliphatic rings. The molecule has 7 nitrogen and oxygen atoms in total. The summed E-state index contributed by atoms with van der Waals surface area (Å²) in [6, 6.07) is 6.74. The average molecular weight is 516 g/mol. The first-order valence-electron chi connectivity index (χ1n) is 11.9. The minimum Gasteiger partial charge on any atom is -0.687 e. The first-order valence-corrected chi connectivity index (χ1v) is 11.9. The van der Waals surface area contributed by atoms with Gasteiger partial charge in [0.25, 0.3) is 0 Å². The number of hydrogen-bond donors (Lipinski definition) is 3. The van der Waals surface area contributed by atoms with E-state index in [1.807, 2.05) is 18.2 Å². The van der Waals surface area contributed by atoms with Crippen LogP contribution in [0, 0.1) is 0 Å². The number of aromatic hydroxyl groups is 1. The molecule has 0 radical (unpaired) electrons. The Kier molecular flexibility index (Phi) is 20.7. The molecule has 1 aromatic rings. The number of para-hydroxylation sites is 1. The topological polar surface area (TPSA) is 115 Å². The van der Waals surface area contributed by atoms with Crippen LogP contribution in [-0.4, -0.2) is 73.0 Å². The number of benzene rings is 1. The van der Waals surface area contributed by atoms with Gasteiger partial charge in [-0.2, -0.15) is 6.20 Å². The van der Waals surface area contributed by atoms with E-state index in [9.17, 15) is 5.11 Å².